The average Bonchev–Trinajstić information content (AvgIpc) is 2.70. The molecule has 0 radical (unpaired) electrons. The number of urea groups is 1. The second-order valence-corrected chi connectivity index (χ2v) is 8.60. The van der Waals surface area contributed by atoms with E-state index in [4.69, 9.17) is 0 Å². The van der Waals surface area contributed by atoms with E-state index in [1.807, 2.05) is 0 Å². The van der Waals surface area contributed by atoms with Crippen LogP contribution >= 0.6 is 0 Å². The van der Waals surface area contributed by atoms with Gasteiger partial charge in [0.15, 0.2) is 0 Å². The Morgan fingerprint density at radius 3 is 2.59 bits per heavy atom. The Morgan fingerprint density at radius 2 is 2.03 bits per heavy atom. The number of aromatic nitrogens is 1. The third kappa shape index (κ3) is 7.06. The van der Waals surface area contributed by atoms with Crippen molar-refractivity contribution in [3.8, 4) is 0 Å². The Hall–Kier alpha value is -2.59. The zero-order valence-electron chi connectivity index (χ0n) is 16.3. The summed E-state index contributed by atoms with van der Waals surface area (Å²) in [6, 6.07) is 2.83. The Bertz CT molecular complexity index is 891. The van der Waals surface area contributed by atoms with Gasteiger partial charge in [-0.1, -0.05) is 6.08 Å². The minimum absolute atomic E-state index is 0.0664. The van der Waals surface area contributed by atoms with Crippen LogP contribution in [0.15, 0.2) is 48.7 Å². The number of carbonyl (C=O) groups is 1. The molecule has 158 valence electrons. The van der Waals surface area contributed by atoms with E-state index in [1.54, 1.807) is 24.1 Å². The molecule has 0 aromatic carbocycles. The van der Waals surface area contributed by atoms with E-state index in [2.05, 4.69) is 10.3 Å². The van der Waals surface area contributed by atoms with Crippen LogP contribution in [0.5, 0.6) is 0 Å². The van der Waals surface area contributed by atoms with Crippen molar-refractivity contribution >= 4 is 27.9 Å². The Labute approximate surface area is 169 Å². The number of sulfonamides is 1. The molecule has 0 unspecified atom stereocenters. The van der Waals surface area contributed by atoms with Gasteiger partial charge < -0.3 is 4.90 Å². The van der Waals surface area contributed by atoms with Crippen LogP contribution in [0.25, 0.3) is 6.08 Å². The number of pyridine rings is 1. The van der Waals surface area contributed by atoms with Gasteiger partial charge in [0.05, 0.1) is 12.6 Å². The predicted molar refractivity (Wildman–Crippen MR) is 109 cm³/mol. The Morgan fingerprint density at radius 1 is 1.34 bits per heavy atom. The van der Waals surface area contributed by atoms with E-state index < -0.39 is 15.9 Å². The molecule has 2 rings (SSSR count). The zero-order chi connectivity index (χ0) is 21.4. The first-order valence-corrected chi connectivity index (χ1v) is 10.8. The fourth-order valence-electron chi connectivity index (χ4n) is 2.86. The number of allylic oxidation sites excluding steroid dienone is 4. The Balaban J connectivity index is 1.89. The minimum atomic E-state index is -3.21. The predicted octanol–water partition coefficient (Wildman–Crippen LogP) is 3.32. The lowest BCUT2D eigenvalue weighted by Gasteiger charge is -2.35. The van der Waals surface area contributed by atoms with Crippen molar-refractivity contribution in [2.75, 3.05) is 31.7 Å². The number of halogens is 2. The summed E-state index contributed by atoms with van der Waals surface area (Å²) < 4.78 is 49.7. The molecule has 1 saturated heterocycles. The number of nitrogens with zero attached hydrogens (tertiary/aromatic N) is 3. The Kier molecular flexibility index (Phi) is 8.03. The monoisotopic (exact) mass is 426 g/mol. The lowest BCUT2D eigenvalue weighted by atomic mass is 10.1. The van der Waals surface area contributed by atoms with E-state index in [-0.39, 0.29) is 18.4 Å². The number of rotatable bonds is 6. The van der Waals surface area contributed by atoms with Crippen molar-refractivity contribution in [2.24, 2.45) is 0 Å². The molecular formula is C19H24F2N4O3S. The van der Waals surface area contributed by atoms with Gasteiger partial charge in [0.25, 0.3) is 0 Å². The number of amides is 2. The second-order valence-electron chi connectivity index (χ2n) is 6.61. The number of hydrogen-bond acceptors (Lipinski definition) is 4. The SMILES string of the molecule is CN(C(=O)Nc1ccc(/C=C/C(F)=C\C=C\F)cn1)C1CCN(S(C)(=O)=O)CC1. The highest BCUT2D eigenvalue weighted by Crippen LogP contribution is 2.18. The summed E-state index contributed by atoms with van der Waals surface area (Å²) in [6.07, 6.45) is 8.57. The molecule has 7 nitrogen and oxygen atoms in total. The van der Waals surface area contributed by atoms with Crippen molar-refractivity contribution in [1.29, 1.82) is 0 Å². The molecule has 10 heteroatoms. The summed E-state index contributed by atoms with van der Waals surface area (Å²) >= 11 is 0. The number of nitrogens with one attached hydrogen (secondary N) is 1. The molecule has 29 heavy (non-hydrogen) atoms. The van der Waals surface area contributed by atoms with E-state index in [0.717, 1.165) is 12.2 Å². The van der Waals surface area contributed by atoms with E-state index >= 15 is 0 Å². The van der Waals surface area contributed by atoms with Gasteiger partial charge in [0.1, 0.15) is 11.6 Å². The molecule has 0 saturated carbocycles. The molecule has 1 aliphatic heterocycles. The third-order valence-corrected chi connectivity index (χ3v) is 5.85. The topological polar surface area (TPSA) is 82.6 Å². The maximum absolute atomic E-state index is 13.3. The van der Waals surface area contributed by atoms with Gasteiger partial charge in [-0.05, 0) is 48.8 Å². The van der Waals surface area contributed by atoms with E-state index in [9.17, 15) is 22.0 Å². The molecule has 0 bridgehead atoms. The van der Waals surface area contributed by atoms with Gasteiger partial charge in [-0.25, -0.2) is 31.3 Å². The van der Waals surface area contributed by atoms with Crippen LogP contribution in [0.4, 0.5) is 19.4 Å². The first-order chi connectivity index (χ1) is 13.7. The standard InChI is InChI=1S/C19H24F2N4O3S/c1-24(17-9-12-25(13-10-17)29(2,27)28)19(26)23-18-8-6-15(14-22-18)5-7-16(21)4-3-11-20/h3-8,11,14,17H,9-10,12-13H2,1-2H3,(H,22,23,26)/b7-5+,11-3+,16-4+. The summed E-state index contributed by atoms with van der Waals surface area (Å²) in [5.74, 6) is -0.274. The second kappa shape index (κ2) is 10.3. The van der Waals surface area contributed by atoms with Gasteiger partial charge in [-0.3, -0.25) is 5.32 Å². The lowest BCUT2D eigenvalue weighted by molar-refractivity contribution is 0.174. The highest BCUT2D eigenvalue weighted by atomic mass is 32.2. The molecular weight excluding hydrogens is 402 g/mol. The molecule has 0 atom stereocenters. The summed E-state index contributed by atoms with van der Waals surface area (Å²) in [7, 11) is -1.55. The van der Waals surface area contributed by atoms with Gasteiger partial charge >= 0.3 is 6.03 Å². The smallest absolute Gasteiger partial charge is 0.323 e. The van der Waals surface area contributed by atoms with Crippen molar-refractivity contribution in [1.82, 2.24) is 14.2 Å². The molecule has 1 aromatic heterocycles. The number of anilines is 1. The van der Waals surface area contributed by atoms with Crippen molar-refractivity contribution < 1.29 is 22.0 Å². The quantitative estimate of drug-likeness (QED) is 0.708. The largest absolute Gasteiger partial charge is 0.324 e. The minimum Gasteiger partial charge on any atom is -0.324 e. The van der Waals surface area contributed by atoms with Gasteiger partial charge in [-0.2, -0.15) is 0 Å². The molecule has 2 amide bonds. The van der Waals surface area contributed by atoms with Crippen molar-refractivity contribution in [3.63, 3.8) is 0 Å². The summed E-state index contributed by atoms with van der Waals surface area (Å²) in [6.45, 7) is 0.763. The average molecular weight is 426 g/mol. The highest BCUT2D eigenvalue weighted by Gasteiger charge is 2.29. The van der Waals surface area contributed by atoms with Crippen LogP contribution in [0.3, 0.4) is 0 Å². The van der Waals surface area contributed by atoms with E-state index in [0.29, 0.717) is 37.3 Å². The number of carbonyl (C=O) groups excluding carboxylic acids is 1. The number of piperidine rings is 1. The lowest BCUT2D eigenvalue weighted by Crippen LogP contribution is -2.48. The maximum Gasteiger partial charge on any atom is 0.323 e. The van der Waals surface area contributed by atoms with Crippen LogP contribution in [0.2, 0.25) is 0 Å². The van der Waals surface area contributed by atoms with Crippen molar-refractivity contribution in [2.45, 2.75) is 18.9 Å². The van der Waals surface area contributed by atoms with Crippen LogP contribution in [-0.2, 0) is 10.0 Å². The van der Waals surface area contributed by atoms with Crippen LogP contribution in [-0.4, -0.2) is 61.1 Å². The fraction of sp³-hybridized carbons (Fsp3) is 0.368. The third-order valence-electron chi connectivity index (χ3n) is 4.55. The molecule has 2 heterocycles. The maximum atomic E-state index is 13.3. The summed E-state index contributed by atoms with van der Waals surface area (Å²) in [5, 5.41) is 2.68. The van der Waals surface area contributed by atoms with Crippen LogP contribution in [0, 0.1) is 0 Å². The first kappa shape index (κ1) is 22.7. The molecule has 0 spiro atoms. The molecule has 1 fully saturated rings. The number of hydrogen-bond donors (Lipinski definition) is 1. The van der Waals surface area contributed by atoms with Crippen LogP contribution < -0.4 is 5.32 Å². The fourth-order valence-corrected chi connectivity index (χ4v) is 3.74. The molecule has 1 aromatic rings. The molecule has 1 aliphatic rings. The zero-order valence-corrected chi connectivity index (χ0v) is 17.1. The normalized spacial score (nSPS) is 17.2. The van der Waals surface area contributed by atoms with E-state index in [1.165, 1.54) is 28.9 Å². The van der Waals surface area contributed by atoms with Gasteiger partial charge in [0, 0.05) is 32.4 Å². The van der Waals surface area contributed by atoms with Crippen LogP contribution in [0.1, 0.15) is 18.4 Å². The molecule has 1 N–H and O–H groups in total. The first-order valence-electron chi connectivity index (χ1n) is 8.96. The van der Waals surface area contributed by atoms with Crippen molar-refractivity contribution in [3.05, 3.63) is 54.3 Å². The van der Waals surface area contributed by atoms with Gasteiger partial charge in [0.2, 0.25) is 10.0 Å². The highest BCUT2D eigenvalue weighted by molar-refractivity contribution is 7.88. The summed E-state index contributed by atoms with van der Waals surface area (Å²) in [5.41, 5.74) is 0.609. The summed E-state index contributed by atoms with van der Waals surface area (Å²) in [4.78, 5) is 18.1. The van der Waals surface area contributed by atoms with Gasteiger partial charge in [-0.15, -0.1) is 0 Å². The molecule has 0 aliphatic carbocycles.